The maximum atomic E-state index is 11.4. The van der Waals surface area contributed by atoms with E-state index in [1.165, 1.54) is 18.2 Å². The molecule has 0 spiro atoms. The van der Waals surface area contributed by atoms with Crippen LogP contribution in [-0.4, -0.2) is 50.8 Å². The summed E-state index contributed by atoms with van der Waals surface area (Å²) in [5.41, 5.74) is 0.0673. The van der Waals surface area contributed by atoms with Gasteiger partial charge < -0.3 is 25.7 Å². The van der Waals surface area contributed by atoms with Gasteiger partial charge in [0.15, 0.2) is 0 Å². The van der Waals surface area contributed by atoms with Crippen LogP contribution in [0, 0.1) is 11.8 Å². The van der Waals surface area contributed by atoms with Crippen LogP contribution in [0.15, 0.2) is 24.3 Å². The first-order valence-corrected chi connectivity index (χ1v) is 6.97. The smallest absolute Gasteiger partial charge is 0.337 e. The van der Waals surface area contributed by atoms with Crippen LogP contribution in [0.3, 0.4) is 0 Å². The highest BCUT2D eigenvalue weighted by Crippen LogP contribution is 2.22. The first kappa shape index (κ1) is 18.9. The fourth-order valence-corrected chi connectivity index (χ4v) is 2.22. The summed E-state index contributed by atoms with van der Waals surface area (Å²) in [6.45, 7) is -0.351. The van der Waals surface area contributed by atoms with Crippen molar-refractivity contribution in [3.05, 3.63) is 29.8 Å². The van der Waals surface area contributed by atoms with E-state index in [2.05, 4.69) is 5.32 Å². The Morgan fingerprint density at radius 2 is 1.50 bits per heavy atom. The number of carbonyl (C=O) groups is 4. The molecule has 2 unspecified atom stereocenters. The number of carboxylic acid groups (broad SMARTS) is 4. The molecule has 130 valence electrons. The molecule has 0 aromatic heterocycles. The molecule has 24 heavy (non-hydrogen) atoms. The number of hydrogen-bond acceptors (Lipinski definition) is 5. The lowest BCUT2D eigenvalue weighted by atomic mass is 9.88. The number of anilines is 1. The number of hydrogen-bond donors (Lipinski definition) is 5. The lowest BCUT2D eigenvalue weighted by Gasteiger charge is -2.21. The van der Waals surface area contributed by atoms with E-state index in [-0.39, 0.29) is 24.2 Å². The van der Waals surface area contributed by atoms with Crippen LogP contribution in [0.25, 0.3) is 0 Å². The average Bonchev–Trinajstić information content (AvgIpc) is 2.49. The Labute approximate surface area is 136 Å². The molecule has 0 heterocycles. The molecule has 9 heteroatoms. The molecule has 0 fully saturated rings. The Balaban J connectivity index is 2.93. The normalized spacial score (nSPS) is 12.8. The zero-order valence-electron chi connectivity index (χ0n) is 12.5. The lowest BCUT2D eigenvalue weighted by Crippen LogP contribution is -2.35. The third-order valence-corrected chi connectivity index (χ3v) is 3.46. The van der Waals surface area contributed by atoms with Gasteiger partial charge in [-0.2, -0.15) is 0 Å². The Morgan fingerprint density at radius 1 is 0.917 bits per heavy atom. The number of aromatic carboxylic acids is 1. The van der Waals surface area contributed by atoms with Crippen LogP contribution in [0.5, 0.6) is 0 Å². The van der Waals surface area contributed by atoms with E-state index < -0.39 is 42.1 Å². The highest BCUT2D eigenvalue weighted by atomic mass is 16.4. The van der Waals surface area contributed by atoms with Gasteiger partial charge in [-0.3, -0.25) is 14.4 Å². The number of aliphatic carboxylic acids is 3. The molecule has 1 aromatic rings. The summed E-state index contributed by atoms with van der Waals surface area (Å²) in [6.07, 6.45) is -0.823. The molecule has 0 aliphatic carbocycles. The number of nitrogens with one attached hydrogen (secondary N) is 1. The highest BCUT2D eigenvalue weighted by molar-refractivity contribution is 5.94. The Morgan fingerprint density at radius 3 is 2.00 bits per heavy atom. The van der Waals surface area contributed by atoms with E-state index in [0.717, 1.165) is 0 Å². The molecule has 0 radical (unpaired) electrons. The largest absolute Gasteiger partial charge is 0.481 e. The third-order valence-electron chi connectivity index (χ3n) is 3.46. The van der Waals surface area contributed by atoms with Gasteiger partial charge >= 0.3 is 23.9 Å². The van der Waals surface area contributed by atoms with Crippen molar-refractivity contribution in [3.8, 4) is 0 Å². The van der Waals surface area contributed by atoms with Crippen molar-refractivity contribution in [1.29, 1.82) is 0 Å². The zero-order chi connectivity index (χ0) is 18.3. The quantitative estimate of drug-likeness (QED) is 0.419. The molecule has 0 saturated carbocycles. The van der Waals surface area contributed by atoms with Crippen molar-refractivity contribution in [1.82, 2.24) is 0 Å². The summed E-state index contributed by atoms with van der Waals surface area (Å²) in [4.78, 5) is 44.3. The number of para-hydroxylation sites is 1. The Hall–Kier alpha value is -3.10. The predicted octanol–water partition coefficient (Wildman–Crippen LogP) is 1.06. The number of rotatable bonds is 10. The monoisotopic (exact) mass is 339 g/mol. The van der Waals surface area contributed by atoms with Crippen molar-refractivity contribution in [2.45, 2.75) is 12.8 Å². The van der Waals surface area contributed by atoms with Crippen LogP contribution in [-0.2, 0) is 14.4 Å². The summed E-state index contributed by atoms with van der Waals surface area (Å²) in [5.74, 6) is -8.10. The fourth-order valence-electron chi connectivity index (χ4n) is 2.22. The van der Waals surface area contributed by atoms with Gasteiger partial charge in [-0.05, 0) is 18.6 Å². The first-order valence-electron chi connectivity index (χ1n) is 6.97. The summed E-state index contributed by atoms with van der Waals surface area (Å²) < 4.78 is 0. The summed E-state index contributed by atoms with van der Waals surface area (Å²) in [6, 6.07) is 5.79. The van der Waals surface area contributed by atoms with Gasteiger partial charge in [0.05, 0.1) is 17.4 Å². The van der Waals surface area contributed by atoms with Crippen molar-refractivity contribution < 1.29 is 39.6 Å². The molecule has 0 aliphatic rings. The fraction of sp³-hybridized carbons (Fsp3) is 0.333. The average molecular weight is 339 g/mol. The summed E-state index contributed by atoms with van der Waals surface area (Å²) >= 11 is 0. The molecule has 9 nitrogen and oxygen atoms in total. The molecule has 1 rings (SSSR count). The topological polar surface area (TPSA) is 161 Å². The van der Waals surface area contributed by atoms with Gasteiger partial charge in [-0.15, -0.1) is 0 Å². The standard InChI is InChI=1S/C15H17NO8/c17-12(18)6-5-8(13(19)20)10(15(23)24)7-16-11-4-2-1-3-9(11)14(21)22/h1-4,8,10,16H,5-7H2,(H,17,18)(H,19,20)(H,21,22)(H,23,24). The van der Waals surface area contributed by atoms with Crippen LogP contribution in [0.2, 0.25) is 0 Å². The third kappa shape index (κ3) is 5.27. The van der Waals surface area contributed by atoms with E-state index >= 15 is 0 Å². The molecule has 2 atom stereocenters. The van der Waals surface area contributed by atoms with Crippen molar-refractivity contribution >= 4 is 29.6 Å². The lowest BCUT2D eigenvalue weighted by molar-refractivity contribution is -0.154. The van der Waals surface area contributed by atoms with E-state index in [4.69, 9.17) is 15.3 Å². The second-order valence-electron chi connectivity index (χ2n) is 5.05. The van der Waals surface area contributed by atoms with Crippen LogP contribution in [0.4, 0.5) is 5.69 Å². The highest BCUT2D eigenvalue weighted by Gasteiger charge is 2.34. The molecular formula is C15H17NO8. The summed E-state index contributed by atoms with van der Waals surface area (Å²) in [7, 11) is 0. The molecular weight excluding hydrogens is 322 g/mol. The molecule has 0 saturated heterocycles. The Kier molecular flexibility index (Phi) is 6.72. The minimum atomic E-state index is -1.42. The van der Waals surface area contributed by atoms with E-state index in [9.17, 15) is 24.3 Å². The van der Waals surface area contributed by atoms with Gasteiger partial charge in [0.2, 0.25) is 0 Å². The van der Waals surface area contributed by atoms with E-state index in [1.807, 2.05) is 0 Å². The maximum absolute atomic E-state index is 11.4. The van der Waals surface area contributed by atoms with Gasteiger partial charge in [0.1, 0.15) is 0 Å². The van der Waals surface area contributed by atoms with Crippen LogP contribution < -0.4 is 5.32 Å². The van der Waals surface area contributed by atoms with Crippen LogP contribution >= 0.6 is 0 Å². The van der Waals surface area contributed by atoms with E-state index in [0.29, 0.717) is 0 Å². The number of carboxylic acids is 4. The number of benzene rings is 1. The second kappa shape index (κ2) is 8.51. The Bertz CT molecular complexity index is 642. The molecule has 5 N–H and O–H groups in total. The predicted molar refractivity (Wildman–Crippen MR) is 81.0 cm³/mol. The molecule has 0 amide bonds. The molecule has 0 bridgehead atoms. The van der Waals surface area contributed by atoms with Crippen molar-refractivity contribution in [3.63, 3.8) is 0 Å². The van der Waals surface area contributed by atoms with Gasteiger partial charge in [-0.1, -0.05) is 12.1 Å². The van der Waals surface area contributed by atoms with E-state index in [1.54, 1.807) is 6.07 Å². The van der Waals surface area contributed by atoms with Gasteiger partial charge in [0.25, 0.3) is 0 Å². The van der Waals surface area contributed by atoms with Crippen molar-refractivity contribution in [2.24, 2.45) is 11.8 Å². The minimum Gasteiger partial charge on any atom is -0.481 e. The molecule has 1 aromatic carbocycles. The SMILES string of the molecule is O=C(O)CCC(C(=O)O)C(CNc1ccccc1C(=O)O)C(=O)O. The van der Waals surface area contributed by atoms with Gasteiger partial charge in [-0.25, -0.2) is 4.79 Å². The van der Waals surface area contributed by atoms with Gasteiger partial charge in [0, 0.05) is 18.7 Å². The second-order valence-corrected chi connectivity index (χ2v) is 5.05. The zero-order valence-corrected chi connectivity index (χ0v) is 12.5. The maximum Gasteiger partial charge on any atom is 0.337 e. The molecule has 0 aliphatic heterocycles. The van der Waals surface area contributed by atoms with Crippen molar-refractivity contribution in [2.75, 3.05) is 11.9 Å². The summed E-state index contributed by atoms with van der Waals surface area (Å²) in [5, 5.41) is 38.8. The van der Waals surface area contributed by atoms with Crippen LogP contribution in [0.1, 0.15) is 23.2 Å². The minimum absolute atomic E-state index is 0.0842. The first-order chi connectivity index (χ1) is 11.2.